The fraction of sp³-hybridized carbons (Fsp3) is 0.320. The standard InChI is InChI=1S/C25H26N2O4/c1-3-30-22-16-18(15-20-24(28)27-14-8-4-5-11-23(27)26-20)12-13-21(22)31-25(29)19-10-7-6-9-17(19)2/h6-7,9-10,12-13,15-16H,3-5,8,11,14H2,1-2H3/b20-15+. The van der Waals surface area contributed by atoms with Gasteiger partial charge in [-0.3, -0.25) is 9.69 Å². The van der Waals surface area contributed by atoms with Crippen molar-refractivity contribution in [3.63, 3.8) is 0 Å². The number of carbonyl (C=O) groups excluding carboxylic acids is 2. The van der Waals surface area contributed by atoms with E-state index in [1.54, 1.807) is 41.3 Å². The maximum absolute atomic E-state index is 12.8. The molecule has 2 aromatic rings. The summed E-state index contributed by atoms with van der Waals surface area (Å²) in [4.78, 5) is 31.7. The topological polar surface area (TPSA) is 68.2 Å². The molecule has 2 heterocycles. The Balaban J connectivity index is 1.59. The summed E-state index contributed by atoms with van der Waals surface area (Å²) in [5.74, 6) is 1.17. The highest BCUT2D eigenvalue weighted by atomic mass is 16.6. The predicted octanol–water partition coefficient (Wildman–Crippen LogP) is 4.77. The number of esters is 1. The average Bonchev–Trinajstić information content (AvgIpc) is 2.92. The van der Waals surface area contributed by atoms with Crippen LogP contribution in [0.5, 0.6) is 11.5 Å². The summed E-state index contributed by atoms with van der Waals surface area (Å²) in [5.41, 5.74) is 2.56. The van der Waals surface area contributed by atoms with Gasteiger partial charge in [-0.05, 0) is 62.1 Å². The monoisotopic (exact) mass is 418 g/mol. The van der Waals surface area contributed by atoms with Crippen molar-refractivity contribution in [2.45, 2.75) is 39.5 Å². The van der Waals surface area contributed by atoms with Crippen molar-refractivity contribution < 1.29 is 19.1 Å². The Bertz CT molecular complexity index is 1070. The largest absolute Gasteiger partial charge is 0.490 e. The van der Waals surface area contributed by atoms with Crippen molar-refractivity contribution in [2.24, 2.45) is 4.99 Å². The molecule has 0 saturated carbocycles. The number of hydrogen-bond donors (Lipinski definition) is 0. The fourth-order valence-electron chi connectivity index (χ4n) is 3.83. The molecule has 6 heteroatoms. The van der Waals surface area contributed by atoms with Gasteiger partial charge in [0, 0.05) is 13.0 Å². The number of carbonyl (C=O) groups is 2. The van der Waals surface area contributed by atoms with Crippen LogP contribution in [0.25, 0.3) is 6.08 Å². The van der Waals surface area contributed by atoms with Crippen LogP contribution in [0, 0.1) is 6.92 Å². The summed E-state index contributed by atoms with van der Waals surface area (Å²) in [6, 6.07) is 12.5. The van der Waals surface area contributed by atoms with E-state index in [0.29, 0.717) is 29.4 Å². The molecule has 2 aromatic carbocycles. The number of rotatable bonds is 5. The molecule has 31 heavy (non-hydrogen) atoms. The zero-order valence-corrected chi connectivity index (χ0v) is 17.9. The number of nitrogens with zero attached hydrogens (tertiary/aromatic N) is 2. The molecule has 0 N–H and O–H groups in total. The van der Waals surface area contributed by atoms with Crippen molar-refractivity contribution in [3.05, 3.63) is 64.9 Å². The van der Waals surface area contributed by atoms with E-state index in [4.69, 9.17) is 9.47 Å². The minimum absolute atomic E-state index is 0.0510. The van der Waals surface area contributed by atoms with Crippen molar-refractivity contribution in [1.29, 1.82) is 0 Å². The number of hydrogen-bond acceptors (Lipinski definition) is 5. The minimum atomic E-state index is -0.435. The van der Waals surface area contributed by atoms with Crippen LogP contribution in [-0.4, -0.2) is 35.8 Å². The fourth-order valence-corrected chi connectivity index (χ4v) is 3.83. The SMILES string of the molecule is CCOc1cc(/C=C2/N=C3CCCCCN3C2=O)ccc1OC(=O)c1ccccc1C. The quantitative estimate of drug-likeness (QED) is 0.399. The molecule has 2 aliphatic rings. The Kier molecular flexibility index (Phi) is 6.16. The number of amides is 1. The third-order valence-corrected chi connectivity index (χ3v) is 5.45. The van der Waals surface area contributed by atoms with Crippen molar-refractivity contribution >= 4 is 23.8 Å². The lowest BCUT2D eigenvalue weighted by molar-refractivity contribution is -0.122. The van der Waals surface area contributed by atoms with Gasteiger partial charge in [-0.25, -0.2) is 9.79 Å². The van der Waals surface area contributed by atoms with Gasteiger partial charge in [0.05, 0.1) is 12.2 Å². The summed E-state index contributed by atoms with van der Waals surface area (Å²) in [5, 5.41) is 0. The average molecular weight is 418 g/mol. The van der Waals surface area contributed by atoms with Gasteiger partial charge in [-0.2, -0.15) is 0 Å². The van der Waals surface area contributed by atoms with Crippen LogP contribution in [-0.2, 0) is 4.79 Å². The van der Waals surface area contributed by atoms with E-state index in [9.17, 15) is 9.59 Å². The van der Waals surface area contributed by atoms with Gasteiger partial charge in [0.2, 0.25) is 0 Å². The van der Waals surface area contributed by atoms with Gasteiger partial charge in [-0.15, -0.1) is 0 Å². The summed E-state index contributed by atoms with van der Waals surface area (Å²) < 4.78 is 11.3. The maximum Gasteiger partial charge on any atom is 0.343 e. The number of fused-ring (bicyclic) bond motifs is 1. The van der Waals surface area contributed by atoms with E-state index in [-0.39, 0.29) is 5.91 Å². The van der Waals surface area contributed by atoms with Gasteiger partial charge in [-0.1, -0.05) is 30.7 Å². The van der Waals surface area contributed by atoms with Crippen LogP contribution in [0.3, 0.4) is 0 Å². The first-order chi connectivity index (χ1) is 15.1. The molecule has 0 atom stereocenters. The molecule has 0 aromatic heterocycles. The van der Waals surface area contributed by atoms with Gasteiger partial charge >= 0.3 is 5.97 Å². The Hall–Kier alpha value is -3.41. The Labute approximate surface area is 182 Å². The Morgan fingerprint density at radius 2 is 1.97 bits per heavy atom. The third kappa shape index (κ3) is 4.53. The molecule has 1 amide bonds. The Morgan fingerprint density at radius 1 is 1.13 bits per heavy atom. The van der Waals surface area contributed by atoms with Crippen LogP contribution < -0.4 is 9.47 Å². The highest BCUT2D eigenvalue weighted by molar-refractivity contribution is 6.14. The maximum atomic E-state index is 12.8. The normalized spacial score (nSPS) is 17.2. The number of aliphatic imine (C=N–C) groups is 1. The second-order valence-corrected chi connectivity index (χ2v) is 7.67. The molecule has 1 fully saturated rings. The molecule has 2 aliphatic heterocycles. The van der Waals surface area contributed by atoms with Crippen LogP contribution >= 0.6 is 0 Å². The highest BCUT2D eigenvalue weighted by Gasteiger charge is 2.30. The number of ether oxygens (including phenoxy) is 2. The van der Waals surface area contributed by atoms with Crippen molar-refractivity contribution in [3.8, 4) is 11.5 Å². The molecule has 0 bridgehead atoms. The second-order valence-electron chi connectivity index (χ2n) is 7.67. The van der Waals surface area contributed by atoms with E-state index in [2.05, 4.69) is 4.99 Å². The predicted molar refractivity (Wildman–Crippen MR) is 119 cm³/mol. The first-order valence-electron chi connectivity index (χ1n) is 10.7. The van der Waals surface area contributed by atoms with Crippen LogP contribution in [0.2, 0.25) is 0 Å². The van der Waals surface area contributed by atoms with E-state index in [1.165, 1.54) is 0 Å². The number of benzene rings is 2. The number of amidine groups is 1. The molecule has 160 valence electrons. The third-order valence-electron chi connectivity index (χ3n) is 5.45. The van der Waals surface area contributed by atoms with E-state index in [1.807, 2.05) is 26.0 Å². The summed E-state index contributed by atoms with van der Waals surface area (Å²) >= 11 is 0. The van der Waals surface area contributed by atoms with E-state index < -0.39 is 5.97 Å². The smallest absolute Gasteiger partial charge is 0.343 e. The summed E-state index contributed by atoms with van der Waals surface area (Å²) in [6.45, 7) is 4.88. The molecule has 0 radical (unpaired) electrons. The van der Waals surface area contributed by atoms with Crippen LogP contribution in [0.4, 0.5) is 0 Å². The molecular formula is C25H26N2O4. The number of aryl methyl sites for hydroxylation is 1. The summed E-state index contributed by atoms with van der Waals surface area (Å²) in [7, 11) is 0. The van der Waals surface area contributed by atoms with Crippen molar-refractivity contribution in [1.82, 2.24) is 4.90 Å². The lowest BCUT2D eigenvalue weighted by Crippen LogP contribution is -2.31. The first-order valence-corrected chi connectivity index (χ1v) is 10.7. The molecule has 0 aliphatic carbocycles. The zero-order chi connectivity index (χ0) is 21.8. The van der Waals surface area contributed by atoms with E-state index in [0.717, 1.165) is 49.2 Å². The molecule has 4 rings (SSSR count). The molecule has 1 saturated heterocycles. The highest BCUT2D eigenvalue weighted by Crippen LogP contribution is 2.31. The zero-order valence-electron chi connectivity index (χ0n) is 17.9. The van der Waals surface area contributed by atoms with Crippen LogP contribution in [0.15, 0.2) is 53.2 Å². The minimum Gasteiger partial charge on any atom is -0.490 e. The van der Waals surface area contributed by atoms with Gasteiger partial charge in [0.1, 0.15) is 11.5 Å². The molecule has 0 unspecified atom stereocenters. The van der Waals surface area contributed by atoms with Gasteiger partial charge in [0.25, 0.3) is 5.91 Å². The Morgan fingerprint density at radius 3 is 2.77 bits per heavy atom. The first kappa shape index (κ1) is 20.8. The van der Waals surface area contributed by atoms with E-state index >= 15 is 0 Å². The van der Waals surface area contributed by atoms with Gasteiger partial charge < -0.3 is 9.47 Å². The lowest BCUT2D eigenvalue weighted by Gasteiger charge is -2.14. The molecule has 0 spiro atoms. The molecule has 6 nitrogen and oxygen atoms in total. The van der Waals surface area contributed by atoms with Gasteiger partial charge in [0.15, 0.2) is 11.5 Å². The van der Waals surface area contributed by atoms with Crippen molar-refractivity contribution in [2.75, 3.05) is 13.2 Å². The summed E-state index contributed by atoms with van der Waals surface area (Å²) in [6.07, 6.45) is 5.79. The molecular weight excluding hydrogens is 392 g/mol. The van der Waals surface area contributed by atoms with Crippen LogP contribution in [0.1, 0.15) is 54.1 Å². The lowest BCUT2D eigenvalue weighted by atomic mass is 10.1. The second kappa shape index (κ2) is 9.16.